The van der Waals surface area contributed by atoms with Gasteiger partial charge in [0.25, 0.3) is 0 Å². The van der Waals surface area contributed by atoms with Crippen molar-refractivity contribution in [2.24, 2.45) is 11.8 Å². The van der Waals surface area contributed by atoms with Crippen LogP contribution in [-0.2, 0) is 20.8 Å². The maximum absolute atomic E-state index is 12.5. The summed E-state index contributed by atoms with van der Waals surface area (Å²) in [6.45, 7) is 1.80. The summed E-state index contributed by atoms with van der Waals surface area (Å²) in [5.74, 6) is -4.01. The zero-order valence-corrected chi connectivity index (χ0v) is 20.4. The average Bonchev–Trinajstić information content (AvgIpc) is 3.21. The van der Waals surface area contributed by atoms with Crippen LogP contribution in [0.4, 0.5) is 0 Å². The standard InChI is InChI=1S/C26H25Cl2NO6/c1-15(29-24(30)13-19(26(33)34)14-25(31)32)17(10-16-6-9-21(27)22(28)11-16)7-8-20-12-18-4-2-3-5-23(18)35-20/h2-9,11-12,15,17,19H,10,13-14H2,1H3,(H,29,30)(H,31,32)(H,33,34)/b8-7+. The molecular weight excluding hydrogens is 493 g/mol. The van der Waals surface area contributed by atoms with Crippen molar-refractivity contribution >= 4 is 58.1 Å². The van der Waals surface area contributed by atoms with Crippen molar-refractivity contribution in [3.05, 3.63) is 76.0 Å². The minimum atomic E-state index is -1.33. The van der Waals surface area contributed by atoms with Crippen molar-refractivity contribution in [3.8, 4) is 0 Å². The van der Waals surface area contributed by atoms with Gasteiger partial charge >= 0.3 is 11.9 Å². The number of carbonyl (C=O) groups excluding carboxylic acids is 1. The highest BCUT2D eigenvalue weighted by Gasteiger charge is 2.26. The van der Waals surface area contributed by atoms with Crippen LogP contribution in [0.15, 0.2) is 59.0 Å². The number of rotatable bonds is 11. The number of amides is 1. The zero-order valence-electron chi connectivity index (χ0n) is 18.9. The molecule has 0 bridgehead atoms. The first kappa shape index (κ1) is 26.3. The first-order valence-electron chi connectivity index (χ1n) is 11.0. The van der Waals surface area contributed by atoms with E-state index in [9.17, 15) is 19.5 Å². The van der Waals surface area contributed by atoms with E-state index in [1.807, 2.05) is 48.6 Å². The SMILES string of the molecule is CC(NC(=O)CC(CC(=O)O)C(=O)O)C(/C=C/c1cc2ccccc2o1)Cc1ccc(Cl)c(Cl)c1. The number of benzene rings is 2. The number of hydrogen-bond acceptors (Lipinski definition) is 4. The van der Waals surface area contributed by atoms with Gasteiger partial charge in [-0.25, -0.2) is 0 Å². The molecule has 0 aliphatic rings. The van der Waals surface area contributed by atoms with Crippen LogP contribution in [0.25, 0.3) is 17.0 Å². The molecule has 9 heteroatoms. The molecule has 0 aliphatic heterocycles. The topological polar surface area (TPSA) is 117 Å². The van der Waals surface area contributed by atoms with Crippen LogP contribution in [-0.4, -0.2) is 34.1 Å². The molecule has 3 aromatic rings. The van der Waals surface area contributed by atoms with Crippen molar-refractivity contribution in [1.29, 1.82) is 0 Å². The number of carboxylic acids is 2. The zero-order chi connectivity index (χ0) is 25.5. The Morgan fingerprint density at radius 1 is 1.03 bits per heavy atom. The van der Waals surface area contributed by atoms with Gasteiger partial charge in [0.2, 0.25) is 5.91 Å². The van der Waals surface area contributed by atoms with E-state index in [-0.39, 0.29) is 5.92 Å². The lowest BCUT2D eigenvalue weighted by Gasteiger charge is -2.23. The molecule has 1 amide bonds. The molecule has 3 N–H and O–H groups in total. The largest absolute Gasteiger partial charge is 0.481 e. The van der Waals surface area contributed by atoms with Crippen LogP contribution in [0.3, 0.4) is 0 Å². The van der Waals surface area contributed by atoms with Crippen LogP contribution in [0.5, 0.6) is 0 Å². The molecule has 0 fully saturated rings. The molecule has 0 spiro atoms. The molecule has 35 heavy (non-hydrogen) atoms. The van der Waals surface area contributed by atoms with Crippen LogP contribution in [0.1, 0.15) is 31.1 Å². The Morgan fingerprint density at radius 3 is 2.43 bits per heavy atom. The maximum atomic E-state index is 12.5. The third-order valence-corrected chi connectivity index (χ3v) is 6.38. The number of furan rings is 1. The van der Waals surface area contributed by atoms with Crippen molar-refractivity contribution in [3.63, 3.8) is 0 Å². The molecule has 3 atom stereocenters. The van der Waals surface area contributed by atoms with Crippen molar-refractivity contribution in [2.75, 3.05) is 0 Å². The van der Waals surface area contributed by atoms with E-state index in [1.54, 1.807) is 19.1 Å². The van der Waals surface area contributed by atoms with Crippen molar-refractivity contribution in [2.45, 2.75) is 32.2 Å². The van der Waals surface area contributed by atoms with E-state index in [0.29, 0.717) is 22.2 Å². The quantitative estimate of drug-likeness (QED) is 0.301. The minimum Gasteiger partial charge on any atom is -0.481 e. The summed E-state index contributed by atoms with van der Waals surface area (Å²) in [7, 11) is 0. The molecule has 0 saturated heterocycles. The smallest absolute Gasteiger partial charge is 0.307 e. The Bertz CT molecular complexity index is 1220. The fraction of sp³-hybridized carbons (Fsp3) is 0.269. The molecule has 1 heterocycles. The number of carboxylic acid groups (broad SMARTS) is 2. The molecule has 184 valence electrons. The summed E-state index contributed by atoms with van der Waals surface area (Å²) in [6, 6.07) is 14.4. The molecule has 0 radical (unpaired) electrons. The molecule has 7 nitrogen and oxygen atoms in total. The van der Waals surface area contributed by atoms with Crippen LogP contribution >= 0.6 is 23.2 Å². The number of halogens is 2. The van der Waals surface area contributed by atoms with E-state index in [0.717, 1.165) is 16.5 Å². The third kappa shape index (κ3) is 7.60. The molecule has 0 saturated carbocycles. The summed E-state index contributed by atoms with van der Waals surface area (Å²) in [5.41, 5.74) is 1.65. The molecule has 2 aromatic carbocycles. The van der Waals surface area contributed by atoms with Gasteiger partial charge in [0.1, 0.15) is 11.3 Å². The van der Waals surface area contributed by atoms with E-state index >= 15 is 0 Å². The van der Waals surface area contributed by atoms with Gasteiger partial charge in [-0.05, 0) is 49.2 Å². The molecule has 3 unspecified atom stereocenters. The number of hydrogen-bond donors (Lipinski definition) is 3. The van der Waals surface area contributed by atoms with Crippen molar-refractivity contribution in [1.82, 2.24) is 5.32 Å². The molecule has 1 aromatic heterocycles. The van der Waals surface area contributed by atoms with Crippen LogP contribution in [0, 0.1) is 11.8 Å². The van der Waals surface area contributed by atoms with E-state index in [1.165, 1.54) is 0 Å². The predicted octanol–water partition coefficient (Wildman–Crippen LogP) is 5.68. The summed E-state index contributed by atoms with van der Waals surface area (Å²) in [6.07, 6.45) is 3.19. The Kier molecular flexibility index (Phi) is 8.95. The van der Waals surface area contributed by atoms with Crippen molar-refractivity contribution < 1.29 is 29.0 Å². The number of fused-ring (bicyclic) bond motifs is 1. The Morgan fingerprint density at radius 2 is 1.77 bits per heavy atom. The molecule has 3 rings (SSSR count). The predicted molar refractivity (Wildman–Crippen MR) is 135 cm³/mol. The van der Waals surface area contributed by atoms with E-state index < -0.39 is 42.6 Å². The maximum Gasteiger partial charge on any atom is 0.307 e. The highest BCUT2D eigenvalue weighted by Crippen LogP contribution is 2.26. The van der Waals surface area contributed by atoms with Gasteiger partial charge in [-0.2, -0.15) is 0 Å². The first-order valence-corrected chi connectivity index (χ1v) is 11.7. The summed E-state index contributed by atoms with van der Waals surface area (Å²) < 4.78 is 5.85. The number of para-hydroxylation sites is 1. The lowest BCUT2D eigenvalue weighted by atomic mass is 9.91. The second-order valence-electron chi connectivity index (χ2n) is 8.36. The lowest BCUT2D eigenvalue weighted by Crippen LogP contribution is -2.40. The van der Waals surface area contributed by atoms with Crippen LogP contribution < -0.4 is 5.32 Å². The average molecular weight is 518 g/mol. The number of aliphatic carboxylic acids is 2. The Labute approximate surface area is 212 Å². The number of carbonyl (C=O) groups is 3. The summed E-state index contributed by atoms with van der Waals surface area (Å²) >= 11 is 12.2. The van der Waals surface area contributed by atoms with Gasteiger partial charge in [0.15, 0.2) is 0 Å². The Hall–Kier alpha value is -3.29. The van der Waals surface area contributed by atoms with E-state index in [2.05, 4.69) is 5.32 Å². The monoisotopic (exact) mass is 517 g/mol. The van der Waals surface area contributed by atoms with Gasteiger partial charge in [-0.3, -0.25) is 14.4 Å². The fourth-order valence-corrected chi connectivity index (χ4v) is 4.08. The van der Waals surface area contributed by atoms with Gasteiger partial charge < -0.3 is 19.9 Å². The highest BCUT2D eigenvalue weighted by atomic mass is 35.5. The first-order chi connectivity index (χ1) is 16.6. The lowest BCUT2D eigenvalue weighted by molar-refractivity contribution is -0.149. The van der Waals surface area contributed by atoms with Gasteiger partial charge in [0, 0.05) is 23.8 Å². The summed E-state index contributed by atoms with van der Waals surface area (Å²) in [4.78, 5) is 34.8. The van der Waals surface area contributed by atoms with Gasteiger partial charge in [-0.1, -0.05) is 53.5 Å². The second kappa shape index (κ2) is 11.9. The molecule has 0 aliphatic carbocycles. The highest BCUT2D eigenvalue weighted by molar-refractivity contribution is 6.42. The third-order valence-electron chi connectivity index (χ3n) is 5.64. The fourth-order valence-electron chi connectivity index (χ4n) is 3.75. The minimum absolute atomic E-state index is 0.216. The Balaban J connectivity index is 1.78. The number of nitrogens with one attached hydrogen (secondary N) is 1. The second-order valence-corrected chi connectivity index (χ2v) is 9.17. The van der Waals surface area contributed by atoms with Gasteiger partial charge in [-0.15, -0.1) is 0 Å². The molecular formula is C26H25Cl2NO6. The van der Waals surface area contributed by atoms with E-state index in [4.69, 9.17) is 32.7 Å². The van der Waals surface area contributed by atoms with Gasteiger partial charge in [0.05, 0.1) is 22.4 Å². The normalized spacial score (nSPS) is 14.0. The summed E-state index contributed by atoms with van der Waals surface area (Å²) in [5, 5.41) is 22.8. The van der Waals surface area contributed by atoms with Crippen LogP contribution in [0.2, 0.25) is 10.0 Å².